The summed E-state index contributed by atoms with van der Waals surface area (Å²) < 4.78 is 0. The number of anilines is 2. The second-order valence-electron chi connectivity index (χ2n) is 8.48. The number of pyridine rings is 1. The summed E-state index contributed by atoms with van der Waals surface area (Å²) >= 11 is 0. The molecule has 2 amide bonds. The molecule has 6 nitrogen and oxygen atoms in total. The highest BCUT2D eigenvalue weighted by Gasteiger charge is 2.28. The third-order valence-corrected chi connectivity index (χ3v) is 6.58. The minimum Gasteiger partial charge on any atom is -0.339 e. The van der Waals surface area contributed by atoms with Gasteiger partial charge in [0.2, 0.25) is 0 Å². The van der Waals surface area contributed by atoms with Crippen molar-refractivity contribution in [1.82, 2.24) is 14.8 Å². The van der Waals surface area contributed by atoms with E-state index in [-0.39, 0.29) is 11.8 Å². The van der Waals surface area contributed by atoms with Gasteiger partial charge in [0.25, 0.3) is 11.8 Å². The number of carbonyl (C=O) groups is 2. The molecule has 3 aliphatic heterocycles. The first-order valence-electron chi connectivity index (χ1n) is 11.1. The van der Waals surface area contributed by atoms with Crippen LogP contribution in [0.15, 0.2) is 30.5 Å². The van der Waals surface area contributed by atoms with Gasteiger partial charge in [-0.05, 0) is 74.4 Å². The van der Waals surface area contributed by atoms with E-state index in [1.165, 1.54) is 6.42 Å². The fourth-order valence-electron chi connectivity index (χ4n) is 4.90. The van der Waals surface area contributed by atoms with E-state index in [0.29, 0.717) is 12.1 Å². The molecule has 0 spiro atoms. The second kappa shape index (κ2) is 7.74. The molecule has 0 unspecified atom stereocenters. The Hall–Kier alpha value is -2.89. The van der Waals surface area contributed by atoms with Crippen LogP contribution in [0.4, 0.5) is 11.5 Å². The van der Waals surface area contributed by atoms with Crippen LogP contribution in [0.2, 0.25) is 0 Å². The maximum atomic E-state index is 12.9. The molecule has 5 rings (SSSR count). The molecule has 0 aliphatic carbocycles. The lowest BCUT2D eigenvalue weighted by molar-refractivity contribution is 0.0723. The van der Waals surface area contributed by atoms with E-state index in [9.17, 15) is 9.59 Å². The highest BCUT2D eigenvalue weighted by molar-refractivity contribution is 5.99. The molecule has 2 aromatic rings. The third-order valence-electron chi connectivity index (χ3n) is 6.58. The Balaban J connectivity index is 1.42. The van der Waals surface area contributed by atoms with Gasteiger partial charge in [-0.2, -0.15) is 0 Å². The van der Waals surface area contributed by atoms with E-state index in [1.54, 1.807) is 6.20 Å². The van der Waals surface area contributed by atoms with Crippen molar-refractivity contribution < 1.29 is 9.59 Å². The fourth-order valence-corrected chi connectivity index (χ4v) is 4.90. The number of aryl methyl sites for hydroxylation is 1. The Labute approximate surface area is 177 Å². The van der Waals surface area contributed by atoms with E-state index in [1.807, 2.05) is 34.9 Å². The molecule has 6 heteroatoms. The van der Waals surface area contributed by atoms with Crippen molar-refractivity contribution in [1.29, 1.82) is 0 Å². The number of aromatic nitrogens is 1. The van der Waals surface area contributed by atoms with Crippen LogP contribution in [0.25, 0.3) is 0 Å². The normalized spacial score (nSPS) is 18.4. The lowest BCUT2D eigenvalue weighted by Gasteiger charge is -2.31. The molecule has 4 heterocycles. The first-order chi connectivity index (χ1) is 14.7. The number of fused-ring (bicyclic) bond motifs is 2. The van der Waals surface area contributed by atoms with Crippen LogP contribution in [-0.2, 0) is 13.0 Å². The Morgan fingerprint density at radius 1 is 1.03 bits per heavy atom. The van der Waals surface area contributed by atoms with Gasteiger partial charge in [0, 0.05) is 50.2 Å². The Morgan fingerprint density at radius 2 is 1.87 bits per heavy atom. The molecule has 0 N–H and O–H groups in total. The number of carbonyl (C=O) groups excluding carboxylic acids is 2. The molecular weight excluding hydrogens is 376 g/mol. The van der Waals surface area contributed by atoms with Crippen molar-refractivity contribution in [3.63, 3.8) is 0 Å². The van der Waals surface area contributed by atoms with Gasteiger partial charge >= 0.3 is 0 Å². The fraction of sp³-hybridized carbons (Fsp3) is 0.458. The van der Waals surface area contributed by atoms with Gasteiger partial charge in [-0.25, -0.2) is 4.98 Å². The average Bonchev–Trinajstić information content (AvgIpc) is 3.13. The van der Waals surface area contributed by atoms with Crippen LogP contribution in [0.5, 0.6) is 0 Å². The Kier molecular flexibility index (Phi) is 4.93. The zero-order chi connectivity index (χ0) is 20.7. The number of rotatable bonds is 3. The number of benzene rings is 1. The van der Waals surface area contributed by atoms with Gasteiger partial charge in [-0.3, -0.25) is 9.59 Å². The third kappa shape index (κ3) is 3.24. The van der Waals surface area contributed by atoms with Crippen molar-refractivity contribution in [2.45, 2.75) is 45.6 Å². The maximum absolute atomic E-state index is 12.9. The van der Waals surface area contributed by atoms with Crippen LogP contribution in [0, 0.1) is 0 Å². The van der Waals surface area contributed by atoms with Gasteiger partial charge in [0.1, 0.15) is 5.82 Å². The van der Waals surface area contributed by atoms with E-state index in [4.69, 9.17) is 4.98 Å². The molecule has 0 bridgehead atoms. The summed E-state index contributed by atoms with van der Waals surface area (Å²) in [6.07, 6.45) is 7.09. The number of piperidine rings is 1. The van der Waals surface area contributed by atoms with Gasteiger partial charge in [-0.1, -0.05) is 0 Å². The SMILES string of the molecule is CCN1Cc2cc(N3CCCc4cc(C(=O)N5CCCCC5)cnc43)ccc2C1=O. The summed E-state index contributed by atoms with van der Waals surface area (Å²) in [5, 5.41) is 0. The van der Waals surface area contributed by atoms with E-state index >= 15 is 0 Å². The second-order valence-corrected chi connectivity index (χ2v) is 8.48. The lowest BCUT2D eigenvalue weighted by atomic mass is 10.0. The van der Waals surface area contributed by atoms with E-state index in [0.717, 1.165) is 80.1 Å². The smallest absolute Gasteiger partial charge is 0.255 e. The van der Waals surface area contributed by atoms with Crippen LogP contribution in [-0.4, -0.2) is 52.8 Å². The lowest BCUT2D eigenvalue weighted by Crippen LogP contribution is -2.36. The van der Waals surface area contributed by atoms with E-state index in [2.05, 4.69) is 11.0 Å². The predicted molar refractivity (Wildman–Crippen MR) is 116 cm³/mol. The first kappa shape index (κ1) is 19.1. The Morgan fingerprint density at radius 3 is 2.67 bits per heavy atom. The molecule has 0 radical (unpaired) electrons. The summed E-state index contributed by atoms with van der Waals surface area (Å²) in [7, 11) is 0. The molecule has 30 heavy (non-hydrogen) atoms. The summed E-state index contributed by atoms with van der Waals surface area (Å²) in [6.45, 7) is 6.01. The summed E-state index contributed by atoms with van der Waals surface area (Å²) in [5.41, 5.74) is 4.81. The number of amides is 2. The number of hydrogen-bond acceptors (Lipinski definition) is 4. The van der Waals surface area contributed by atoms with Crippen molar-refractivity contribution in [2.75, 3.05) is 31.1 Å². The molecule has 0 atom stereocenters. The first-order valence-corrected chi connectivity index (χ1v) is 11.1. The van der Waals surface area contributed by atoms with Crippen molar-refractivity contribution in [2.24, 2.45) is 0 Å². The van der Waals surface area contributed by atoms with Crippen LogP contribution in [0.1, 0.15) is 64.4 Å². The number of likely N-dealkylation sites (tertiary alicyclic amines) is 1. The van der Waals surface area contributed by atoms with Crippen molar-refractivity contribution in [3.05, 3.63) is 52.7 Å². The van der Waals surface area contributed by atoms with Crippen LogP contribution >= 0.6 is 0 Å². The van der Waals surface area contributed by atoms with Crippen LogP contribution < -0.4 is 4.90 Å². The molecule has 1 aromatic heterocycles. The molecule has 1 saturated heterocycles. The maximum Gasteiger partial charge on any atom is 0.255 e. The molecule has 3 aliphatic rings. The zero-order valence-electron chi connectivity index (χ0n) is 17.6. The van der Waals surface area contributed by atoms with Crippen molar-refractivity contribution in [3.8, 4) is 0 Å². The van der Waals surface area contributed by atoms with Gasteiger partial charge in [-0.15, -0.1) is 0 Å². The average molecular weight is 405 g/mol. The monoisotopic (exact) mass is 404 g/mol. The number of nitrogens with zero attached hydrogens (tertiary/aromatic N) is 4. The van der Waals surface area contributed by atoms with E-state index < -0.39 is 0 Å². The molecule has 1 aromatic carbocycles. The summed E-state index contributed by atoms with van der Waals surface area (Å²) in [6, 6.07) is 8.15. The summed E-state index contributed by atoms with van der Waals surface area (Å²) in [5.74, 6) is 1.17. The molecule has 156 valence electrons. The van der Waals surface area contributed by atoms with Gasteiger partial charge < -0.3 is 14.7 Å². The highest BCUT2D eigenvalue weighted by Crippen LogP contribution is 2.35. The zero-order valence-corrected chi connectivity index (χ0v) is 17.6. The Bertz CT molecular complexity index is 997. The minimum absolute atomic E-state index is 0.109. The largest absolute Gasteiger partial charge is 0.339 e. The molecular formula is C24H28N4O2. The minimum atomic E-state index is 0.109. The summed E-state index contributed by atoms with van der Waals surface area (Å²) in [4.78, 5) is 36.1. The standard InChI is InChI=1S/C24H28N4O2/c1-2-26-16-19-14-20(8-9-21(19)24(26)30)28-12-6-7-17-13-18(15-25-22(17)28)23(29)27-10-4-3-5-11-27/h8-9,13-15H,2-7,10-12,16H2,1H3. The highest BCUT2D eigenvalue weighted by atomic mass is 16.2. The van der Waals surface area contributed by atoms with Gasteiger partial charge in [0.15, 0.2) is 0 Å². The van der Waals surface area contributed by atoms with Crippen LogP contribution in [0.3, 0.4) is 0 Å². The molecule has 0 saturated carbocycles. The topological polar surface area (TPSA) is 56.8 Å². The predicted octanol–water partition coefficient (Wildman–Crippen LogP) is 3.77. The molecule has 1 fully saturated rings. The quantitative estimate of drug-likeness (QED) is 0.782. The van der Waals surface area contributed by atoms with Crippen molar-refractivity contribution >= 4 is 23.3 Å². The van der Waals surface area contributed by atoms with Gasteiger partial charge in [0.05, 0.1) is 5.56 Å². The number of hydrogen-bond donors (Lipinski definition) is 0.